The van der Waals surface area contributed by atoms with Crippen molar-refractivity contribution < 1.29 is 4.74 Å². The molecule has 1 heterocycles. The van der Waals surface area contributed by atoms with Crippen LogP contribution in [0, 0.1) is 0 Å². The lowest BCUT2D eigenvalue weighted by atomic mass is 10.1. The maximum Gasteiger partial charge on any atom is 0.251 e. The predicted octanol–water partition coefficient (Wildman–Crippen LogP) is 3.69. The number of nitrogens with zero attached hydrogens (tertiary/aromatic N) is 4. The first-order valence-corrected chi connectivity index (χ1v) is 8.70. The van der Waals surface area contributed by atoms with E-state index in [9.17, 15) is 0 Å². The van der Waals surface area contributed by atoms with Gasteiger partial charge in [-0.05, 0) is 37.1 Å². The van der Waals surface area contributed by atoms with E-state index in [1.54, 1.807) is 13.3 Å². The fourth-order valence-corrected chi connectivity index (χ4v) is 2.78. The number of hydrogen-bond donors (Lipinski definition) is 1. The first-order valence-electron chi connectivity index (χ1n) is 8.70. The molecule has 0 aliphatic heterocycles. The maximum absolute atomic E-state index is 5.39. The zero-order chi connectivity index (χ0) is 18.2. The Morgan fingerprint density at radius 1 is 1.04 bits per heavy atom. The van der Waals surface area contributed by atoms with Crippen molar-refractivity contribution in [1.82, 2.24) is 15.2 Å². The molecule has 0 bridgehead atoms. The molecule has 0 radical (unpaired) electrons. The van der Waals surface area contributed by atoms with Crippen molar-refractivity contribution in [2.75, 3.05) is 30.4 Å². The lowest BCUT2D eigenvalue weighted by Crippen LogP contribution is -2.20. The molecule has 6 nitrogen and oxygen atoms in total. The van der Waals surface area contributed by atoms with Crippen LogP contribution in [-0.2, 0) is 6.42 Å². The molecule has 0 spiro atoms. The number of hydrogen-bond acceptors (Lipinski definition) is 6. The van der Waals surface area contributed by atoms with Crippen molar-refractivity contribution >= 4 is 17.5 Å². The molecular weight excluding hydrogens is 326 g/mol. The molecule has 0 aliphatic carbocycles. The van der Waals surface area contributed by atoms with Crippen LogP contribution in [0.5, 0.6) is 5.75 Å². The maximum atomic E-state index is 5.39. The minimum atomic E-state index is 0.584. The van der Waals surface area contributed by atoms with E-state index >= 15 is 0 Å². The van der Waals surface area contributed by atoms with Crippen LogP contribution in [-0.4, -0.2) is 35.4 Å². The molecule has 1 N–H and O–H groups in total. The molecule has 3 rings (SSSR count). The fraction of sp³-hybridized carbons (Fsp3) is 0.250. The highest BCUT2D eigenvalue weighted by atomic mass is 16.5. The number of rotatable bonds is 8. The Hall–Kier alpha value is -3.15. The summed E-state index contributed by atoms with van der Waals surface area (Å²) in [5, 5.41) is 11.6. The van der Waals surface area contributed by atoms with E-state index in [4.69, 9.17) is 4.74 Å². The largest absolute Gasteiger partial charge is 0.496 e. The van der Waals surface area contributed by atoms with E-state index in [0.717, 1.165) is 36.5 Å². The van der Waals surface area contributed by atoms with Gasteiger partial charge in [-0.25, -0.2) is 0 Å². The second-order valence-corrected chi connectivity index (χ2v) is 5.71. The van der Waals surface area contributed by atoms with Gasteiger partial charge in [-0.15, -0.1) is 5.10 Å². The number of aromatic nitrogens is 3. The summed E-state index contributed by atoms with van der Waals surface area (Å²) in [6.45, 7) is 3.56. The predicted molar refractivity (Wildman–Crippen MR) is 104 cm³/mol. The number of benzene rings is 2. The normalized spacial score (nSPS) is 10.4. The van der Waals surface area contributed by atoms with Crippen molar-refractivity contribution in [1.29, 1.82) is 0 Å². The van der Waals surface area contributed by atoms with Crippen LogP contribution in [0.4, 0.5) is 17.5 Å². The van der Waals surface area contributed by atoms with Gasteiger partial charge in [0.2, 0.25) is 0 Å². The van der Waals surface area contributed by atoms with Gasteiger partial charge >= 0.3 is 0 Å². The number of ether oxygens (including phenoxy) is 1. The summed E-state index contributed by atoms with van der Waals surface area (Å²) in [5.74, 6) is 2.19. The number of para-hydroxylation sites is 2. The summed E-state index contributed by atoms with van der Waals surface area (Å²) in [7, 11) is 1.69. The van der Waals surface area contributed by atoms with E-state index in [0.29, 0.717) is 11.8 Å². The van der Waals surface area contributed by atoms with Gasteiger partial charge in [-0.3, -0.25) is 0 Å². The Morgan fingerprint density at radius 2 is 1.81 bits per heavy atom. The van der Waals surface area contributed by atoms with E-state index in [1.165, 1.54) is 0 Å². The van der Waals surface area contributed by atoms with Gasteiger partial charge in [0.15, 0.2) is 5.82 Å². The van der Waals surface area contributed by atoms with E-state index in [2.05, 4.69) is 33.5 Å². The fourth-order valence-electron chi connectivity index (χ4n) is 2.78. The third kappa shape index (κ3) is 4.27. The summed E-state index contributed by atoms with van der Waals surface area (Å²) in [6, 6.07) is 18.1. The summed E-state index contributed by atoms with van der Waals surface area (Å²) in [5.41, 5.74) is 2.20. The molecule has 134 valence electrons. The Bertz CT molecular complexity index is 825. The smallest absolute Gasteiger partial charge is 0.251 e. The molecular formula is C20H23N5O. The van der Waals surface area contributed by atoms with Crippen molar-refractivity contribution in [2.45, 2.75) is 13.3 Å². The van der Waals surface area contributed by atoms with Crippen LogP contribution in [0.2, 0.25) is 0 Å². The SMILES string of the molecule is CCN(c1ccccc1)c1nncc(NCCc2ccccc2OC)n1. The first-order chi connectivity index (χ1) is 12.8. The Kier molecular flexibility index (Phi) is 5.98. The minimum Gasteiger partial charge on any atom is -0.496 e. The molecule has 0 aliphatic rings. The van der Waals surface area contributed by atoms with Gasteiger partial charge in [0.1, 0.15) is 5.75 Å². The minimum absolute atomic E-state index is 0.584. The van der Waals surface area contributed by atoms with E-state index in [1.807, 2.05) is 53.4 Å². The standard InChI is InChI=1S/C20H23N5O/c1-3-25(17-10-5-4-6-11-17)20-23-19(15-22-24-20)21-14-13-16-9-7-8-12-18(16)26-2/h4-12,15H,3,13-14H2,1-2H3,(H,21,23,24). The summed E-state index contributed by atoms with van der Waals surface area (Å²) in [6.07, 6.45) is 2.48. The molecule has 6 heteroatoms. The molecule has 0 unspecified atom stereocenters. The van der Waals surface area contributed by atoms with Crippen molar-refractivity contribution in [3.63, 3.8) is 0 Å². The van der Waals surface area contributed by atoms with Gasteiger partial charge in [0.05, 0.1) is 13.3 Å². The highest BCUT2D eigenvalue weighted by molar-refractivity contribution is 5.57. The van der Waals surface area contributed by atoms with Crippen LogP contribution >= 0.6 is 0 Å². The molecule has 3 aromatic rings. The Labute approximate surface area is 153 Å². The monoisotopic (exact) mass is 349 g/mol. The molecule has 0 atom stereocenters. The molecule has 2 aromatic carbocycles. The first kappa shape index (κ1) is 17.7. The van der Waals surface area contributed by atoms with Gasteiger partial charge in [0, 0.05) is 18.8 Å². The average Bonchev–Trinajstić information content (AvgIpc) is 2.70. The second-order valence-electron chi connectivity index (χ2n) is 5.71. The van der Waals surface area contributed by atoms with Crippen molar-refractivity contribution in [3.05, 3.63) is 66.4 Å². The molecule has 1 aromatic heterocycles. The Morgan fingerprint density at radius 3 is 2.58 bits per heavy atom. The molecule has 0 saturated carbocycles. The van der Waals surface area contributed by atoms with E-state index < -0.39 is 0 Å². The van der Waals surface area contributed by atoms with E-state index in [-0.39, 0.29) is 0 Å². The highest BCUT2D eigenvalue weighted by Crippen LogP contribution is 2.22. The number of nitrogens with one attached hydrogen (secondary N) is 1. The second kappa shape index (κ2) is 8.80. The van der Waals surface area contributed by atoms with Crippen molar-refractivity contribution in [3.8, 4) is 5.75 Å². The number of anilines is 3. The van der Waals surface area contributed by atoms with Crippen LogP contribution in [0.15, 0.2) is 60.8 Å². The number of methoxy groups -OCH3 is 1. The van der Waals surface area contributed by atoms with Gasteiger partial charge in [0.25, 0.3) is 5.95 Å². The lowest BCUT2D eigenvalue weighted by molar-refractivity contribution is 0.410. The molecule has 26 heavy (non-hydrogen) atoms. The third-order valence-corrected chi connectivity index (χ3v) is 4.07. The third-order valence-electron chi connectivity index (χ3n) is 4.07. The van der Waals surface area contributed by atoms with Gasteiger partial charge in [-0.1, -0.05) is 36.4 Å². The highest BCUT2D eigenvalue weighted by Gasteiger charge is 2.11. The molecule has 0 fully saturated rings. The zero-order valence-corrected chi connectivity index (χ0v) is 15.1. The zero-order valence-electron chi connectivity index (χ0n) is 15.1. The van der Waals surface area contributed by atoms with Crippen LogP contribution in [0.3, 0.4) is 0 Å². The summed E-state index contributed by atoms with van der Waals surface area (Å²) < 4.78 is 5.39. The Balaban J connectivity index is 1.67. The van der Waals surface area contributed by atoms with Crippen LogP contribution < -0.4 is 15.0 Å². The lowest BCUT2D eigenvalue weighted by Gasteiger charge is -2.20. The van der Waals surface area contributed by atoms with Gasteiger partial charge in [-0.2, -0.15) is 10.1 Å². The summed E-state index contributed by atoms with van der Waals surface area (Å²) in [4.78, 5) is 6.63. The topological polar surface area (TPSA) is 63.2 Å². The average molecular weight is 349 g/mol. The summed E-state index contributed by atoms with van der Waals surface area (Å²) >= 11 is 0. The molecule has 0 amide bonds. The van der Waals surface area contributed by atoms with Crippen LogP contribution in [0.25, 0.3) is 0 Å². The van der Waals surface area contributed by atoms with Crippen LogP contribution in [0.1, 0.15) is 12.5 Å². The van der Waals surface area contributed by atoms with Gasteiger partial charge < -0.3 is 15.0 Å². The molecule has 0 saturated heterocycles. The van der Waals surface area contributed by atoms with Crippen molar-refractivity contribution in [2.24, 2.45) is 0 Å². The quantitative estimate of drug-likeness (QED) is 0.669.